The molecular formula is C18H16O3. The summed E-state index contributed by atoms with van der Waals surface area (Å²) in [6.07, 6.45) is -0.636. The van der Waals surface area contributed by atoms with Crippen LogP contribution in [0.25, 0.3) is 0 Å². The molecule has 0 saturated carbocycles. The minimum atomic E-state index is -0.788. The van der Waals surface area contributed by atoms with Crippen LogP contribution in [0, 0.1) is 6.92 Å². The van der Waals surface area contributed by atoms with Crippen LogP contribution in [0.1, 0.15) is 34.3 Å². The van der Waals surface area contributed by atoms with Crippen molar-refractivity contribution in [2.24, 2.45) is 0 Å². The van der Waals surface area contributed by atoms with Crippen LogP contribution in [0.4, 0.5) is 0 Å². The number of aryl methyl sites for hydroxylation is 1. The Morgan fingerprint density at radius 2 is 1.71 bits per heavy atom. The Balaban J connectivity index is 2.16. The third-order valence-corrected chi connectivity index (χ3v) is 3.78. The van der Waals surface area contributed by atoms with E-state index in [9.17, 15) is 9.59 Å². The van der Waals surface area contributed by atoms with Crippen molar-refractivity contribution in [3.05, 3.63) is 65.2 Å². The average molecular weight is 280 g/mol. The molecule has 1 heterocycles. The first-order valence-electron chi connectivity index (χ1n) is 6.98. The van der Waals surface area contributed by atoms with Gasteiger partial charge in [0.2, 0.25) is 0 Å². The number of carbonyl (C=O) groups is 2. The van der Waals surface area contributed by atoms with E-state index in [4.69, 9.17) is 4.74 Å². The summed E-state index contributed by atoms with van der Waals surface area (Å²) in [6.45, 7) is 3.61. The highest BCUT2D eigenvalue weighted by Crippen LogP contribution is 2.33. The zero-order valence-corrected chi connectivity index (χ0v) is 12.0. The number of carbonyl (C=O) groups excluding carboxylic acids is 2. The fourth-order valence-corrected chi connectivity index (χ4v) is 2.67. The summed E-state index contributed by atoms with van der Waals surface area (Å²) in [6, 6.07) is 14.6. The van der Waals surface area contributed by atoms with Gasteiger partial charge < -0.3 is 4.74 Å². The molecule has 0 fully saturated rings. The van der Waals surface area contributed by atoms with Gasteiger partial charge in [-0.2, -0.15) is 0 Å². The highest BCUT2D eigenvalue weighted by Gasteiger charge is 2.37. The van der Waals surface area contributed by atoms with Gasteiger partial charge in [0.1, 0.15) is 11.7 Å². The minimum absolute atomic E-state index is 0.186. The molecule has 2 aromatic rings. The lowest BCUT2D eigenvalue weighted by molar-refractivity contribution is -0.125. The van der Waals surface area contributed by atoms with Crippen LogP contribution < -0.4 is 4.74 Å². The van der Waals surface area contributed by atoms with Crippen molar-refractivity contribution in [2.75, 3.05) is 0 Å². The number of benzene rings is 2. The Morgan fingerprint density at radius 1 is 1.00 bits per heavy atom. The molecule has 0 N–H and O–H groups in total. The first-order valence-corrected chi connectivity index (χ1v) is 6.98. The SMILES string of the molecule is Cc1ccc2c(c1)C(=O)C(c1ccccc1)C(=O)C(C)O2. The summed E-state index contributed by atoms with van der Waals surface area (Å²) in [4.78, 5) is 25.4. The number of fused-ring (bicyclic) bond motifs is 1. The number of hydrogen-bond donors (Lipinski definition) is 0. The molecule has 0 spiro atoms. The average Bonchev–Trinajstić information content (AvgIpc) is 2.57. The normalized spacial score (nSPS) is 21.4. The van der Waals surface area contributed by atoms with Gasteiger partial charge in [0.15, 0.2) is 17.7 Å². The van der Waals surface area contributed by atoms with Gasteiger partial charge in [-0.15, -0.1) is 0 Å². The van der Waals surface area contributed by atoms with E-state index in [1.807, 2.05) is 43.3 Å². The molecule has 0 radical (unpaired) electrons. The van der Waals surface area contributed by atoms with Gasteiger partial charge >= 0.3 is 0 Å². The molecule has 2 aromatic carbocycles. The number of rotatable bonds is 1. The van der Waals surface area contributed by atoms with Crippen molar-refractivity contribution in [2.45, 2.75) is 25.9 Å². The Labute approximate surface area is 123 Å². The quantitative estimate of drug-likeness (QED) is 0.753. The van der Waals surface area contributed by atoms with Crippen molar-refractivity contribution in [1.29, 1.82) is 0 Å². The van der Waals surface area contributed by atoms with E-state index in [0.29, 0.717) is 11.3 Å². The first-order chi connectivity index (χ1) is 10.1. The molecule has 1 aliphatic heterocycles. The van der Waals surface area contributed by atoms with Crippen LogP contribution in [-0.4, -0.2) is 17.7 Å². The molecule has 2 unspecified atom stereocenters. The summed E-state index contributed by atoms with van der Waals surface area (Å²) in [5.74, 6) is -0.677. The van der Waals surface area contributed by atoms with Crippen LogP contribution in [0.3, 0.4) is 0 Å². The maximum atomic E-state index is 12.8. The predicted octanol–water partition coefficient (Wildman–Crippen LogP) is 3.31. The highest BCUT2D eigenvalue weighted by molar-refractivity contribution is 6.18. The van der Waals surface area contributed by atoms with Crippen molar-refractivity contribution < 1.29 is 14.3 Å². The summed E-state index contributed by atoms with van der Waals surface area (Å²) in [5, 5.41) is 0. The Bertz CT molecular complexity index is 704. The van der Waals surface area contributed by atoms with Crippen LogP contribution in [0.15, 0.2) is 48.5 Å². The first kappa shape index (κ1) is 13.6. The van der Waals surface area contributed by atoms with Crippen molar-refractivity contribution in [1.82, 2.24) is 0 Å². The largest absolute Gasteiger partial charge is 0.482 e. The van der Waals surface area contributed by atoms with Gasteiger partial charge in [-0.05, 0) is 31.5 Å². The summed E-state index contributed by atoms with van der Waals surface area (Å²) >= 11 is 0. The fourth-order valence-electron chi connectivity index (χ4n) is 2.67. The molecule has 0 amide bonds. The molecule has 0 saturated heterocycles. The number of Topliss-reactive ketones (excluding diaryl/α,β-unsaturated/α-hetero) is 2. The Hall–Kier alpha value is -2.42. The van der Waals surface area contributed by atoms with Gasteiger partial charge in [-0.1, -0.05) is 42.0 Å². The van der Waals surface area contributed by atoms with Gasteiger partial charge in [-0.25, -0.2) is 0 Å². The zero-order valence-electron chi connectivity index (χ0n) is 12.0. The van der Waals surface area contributed by atoms with Crippen LogP contribution in [0.5, 0.6) is 5.75 Å². The van der Waals surface area contributed by atoms with Gasteiger partial charge in [0.05, 0.1) is 5.56 Å². The van der Waals surface area contributed by atoms with Crippen molar-refractivity contribution in [3.63, 3.8) is 0 Å². The number of ether oxygens (including phenoxy) is 1. The topological polar surface area (TPSA) is 43.4 Å². The fraction of sp³-hybridized carbons (Fsp3) is 0.222. The Morgan fingerprint density at radius 3 is 2.43 bits per heavy atom. The highest BCUT2D eigenvalue weighted by atomic mass is 16.5. The van der Waals surface area contributed by atoms with Gasteiger partial charge in [0.25, 0.3) is 0 Å². The van der Waals surface area contributed by atoms with Crippen molar-refractivity contribution >= 4 is 11.6 Å². The molecule has 0 aromatic heterocycles. The number of hydrogen-bond acceptors (Lipinski definition) is 3. The molecule has 0 bridgehead atoms. The second kappa shape index (κ2) is 5.17. The van der Waals surface area contributed by atoms with Crippen molar-refractivity contribution in [3.8, 4) is 5.75 Å². The lowest BCUT2D eigenvalue weighted by Crippen LogP contribution is -2.30. The van der Waals surface area contributed by atoms with E-state index in [2.05, 4.69) is 0 Å². The maximum absolute atomic E-state index is 12.8. The van der Waals surface area contributed by atoms with Crippen LogP contribution in [0.2, 0.25) is 0 Å². The summed E-state index contributed by atoms with van der Waals surface area (Å²) in [7, 11) is 0. The lowest BCUT2D eigenvalue weighted by atomic mass is 9.86. The third-order valence-electron chi connectivity index (χ3n) is 3.78. The van der Waals surface area contributed by atoms with E-state index in [0.717, 1.165) is 11.1 Å². The van der Waals surface area contributed by atoms with E-state index >= 15 is 0 Å². The van der Waals surface area contributed by atoms with Gasteiger partial charge in [-0.3, -0.25) is 9.59 Å². The molecular weight excluding hydrogens is 264 g/mol. The van der Waals surface area contributed by atoms with E-state index < -0.39 is 12.0 Å². The molecule has 3 rings (SSSR count). The minimum Gasteiger partial charge on any atom is -0.482 e. The lowest BCUT2D eigenvalue weighted by Gasteiger charge is -2.15. The smallest absolute Gasteiger partial charge is 0.188 e. The van der Waals surface area contributed by atoms with Gasteiger partial charge in [0, 0.05) is 0 Å². The second-order valence-corrected chi connectivity index (χ2v) is 5.37. The molecule has 21 heavy (non-hydrogen) atoms. The summed E-state index contributed by atoms with van der Waals surface area (Å²) < 4.78 is 5.68. The monoisotopic (exact) mass is 280 g/mol. The second-order valence-electron chi connectivity index (χ2n) is 5.37. The van der Waals surface area contributed by atoms with E-state index in [1.54, 1.807) is 19.1 Å². The molecule has 1 aliphatic rings. The summed E-state index contributed by atoms with van der Waals surface area (Å²) in [5.41, 5.74) is 2.18. The number of ketones is 2. The van der Waals surface area contributed by atoms with E-state index in [1.165, 1.54) is 0 Å². The van der Waals surface area contributed by atoms with Crippen LogP contribution >= 0.6 is 0 Å². The Kier molecular flexibility index (Phi) is 3.34. The molecule has 2 atom stereocenters. The third kappa shape index (κ3) is 2.35. The predicted molar refractivity (Wildman–Crippen MR) is 79.8 cm³/mol. The molecule has 3 heteroatoms. The van der Waals surface area contributed by atoms with E-state index in [-0.39, 0.29) is 11.6 Å². The maximum Gasteiger partial charge on any atom is 0.188 e. The standard InChI is InChI=1S/C18H16O3/c1-11-8-9-15-14(10-11)18(20)16(17(19)12(2)21-15)13-6-4-3-5-7-13/h3-10,12,16H,1-2H3. The van der Waals surface area contributed by atoms with Crippen LogP contribution in [-0.2, 0) is 4.79 Å². The molecule has 106 valence electrons. The zero-order chi connectivity index (χ0) is 15.0. The molecule has 0 aliphatic carbocycles. The molecule has 3 nitrogen and oxygen atoms in total.